The molecule has 112 valence electrons. The van der Waals surface area contributed by atoms with E-state index in [1.807, 2.05) is 20.9 Å². The van der Waals surface area contributed by atoms with Crippen LogP contribution in [0.15, 0.2) is 34.8 Å². The van der Waals surface area contributed by atoms with Crippen LogP contribution in [0, 0.1) is 25.5 Å². The molecule has 4 heteroatoms. The Morgan fingerprint density at radius 1 is 1.10 bits per heavy atom. The predicted molar refractivity (Wildman–Crippen MR) is 85.5 cm³/mol. The standard InChI is InChI=1S/C17H18BrF2N/c1-10-6-13(7-11(2)17(10)18)16(21-3)9-12-8-14(19)4-5-15(12)20/h4-8,16,21H,9H2,1-3H3. The van der Waals surface area contributed by atoms with Crippen molar-refractivity contribution in [3.05, 3.63) is 68.7 Å². The van der Waals surface area contributed by atoms with Gasteiger partial charge in [0.05, 0.1) is 0 Å². The molecular weight excluding hydrogens is 336 g/mol. The molecule has 0 bridgehead atoms. The van der Waals surface area contributed by atoms with Crippen molar-refractivity contribution in [2.24, 2.45) is 0 Å². The zero-order valence-corrected chi connectivity index (χ0v) is 13.9. The Kier molecular flexibility index (Phi) is 5.12. The molecule has 0 aromatic heterocycles. The van der Waals surface area contributed by atoms with Gasteiger partial charge in [0.25, 0.3) is 0 Å². The number of rotatable bonds is 4. The van der Waals surface area contributed by atoms with E-state index in [-0.39, 0.29) is 11.9 Å². The Bertz CT molecular complexity index is 632. The van der Waals surface area contributed by atoms with Crippen molar-refractivity contribution < 1.29 is 8.78 Å². The Hall–Kier alpha value is -1.26. The lowest BCUT2D eigenvalue weighted by atomic mass is 9.96. The summed E-state index contributed by atoms with van der Waals surface area (Å²) in [6, 6.07) is 7.64. The van der Waals surface area contributed by atoms with Crippen LogP contribution in [0.4, 0.5) is 8.78 Å². The highest BCUT2D eigenvalue weighted by Crippen LogP contribution is 2.27. The molecule has 0 amide bonds. The van der Waals surface area contributed by atoms with Crippen LogP contribution < -0.4 is 5.32 Å². The summed E-state index contributed by atoms with van der Waals surface area (Å²) in [6.45, 7) is 4.05. The second-order valence-electron chi connectivity index (χ2n) is 5.25. The SMILES string of the molecule is CNC(Cc1cc(F)ccc1F)c1cc(C)c(Br)c(C)c1. The van der Waals surface area contributed by atoms with Crippen LogP contribution >= 0.6 is 15.9 Å². The first kappa shape index (κ1) is 16.1. The minimum Gasteiger partial charge on any atom is -0.313 e. The molecule has 2 aromatic carbocycles. The van der Waals surface area contributed by atoms with Crippen LogP contribution in [-0.4, -0.2) is 7.05 Å². The zero-order valence-electron chi connectivity index (χ0n) is 12.3. The second-order valence-corrected chi connectivity index (χ2v) is 6.04. The molecule has 0 saturated heterocycles. The smallest absolute Gasteiger partial charge is 0.126 e. The quantitative estimate of drug-likeness (QED) is 0.828. The van der Waals surface area contributed by atoms with Crippen molar-refractivity contribution in [1.29, 1.82) is 0 Å². The van der Waals surface area contributed by atoms with Gasteiger partial charge in [0.15, 0.2) is 0 Å². The number of nitrogens with one attached hydrogen (secondary N) is 1. The molecule has 0 spiro atoms. The maximum atomic E-state index is 13.8. The van der Waals surface area contributed by atoms with Crippen molar-refractivity contribution in [1.82, 2.24) is 5.32 Å². The first-order valence-corrected chi connectivity index (χ1v) is 7.59. The van der Waals surface area contributed by atoms with E-state index in [2.05, 4.69) is 33.4 Å². The van der Waals surface area contributed by atoms with Gasteiger partial charge in [-0.25, -0.2) is 8.78 Å². The average Bonchev–Trinajstić information content (AvgIpc) is 2.45. The maximum Gasteiger partial charge on any atom is 0.126 e. The van der Waals surface area contributed by atoms with Gasteiger partial charge in [0.2, 0.25) is 0 Å². The lowest BCUT2D eigenvalue weighted by Crippen LogP contribution is -2.20. The van der Waals surface area contributed by atoms with Crippen molar-refractivity contribution in [3.63, 3.8) is 0 Å². The molecule has 0 heterocycles. The van der Waals surface area contributed by atoms with Crippen LogP contribution in [-0.2, 0) is 6.42 Å². The average molecular weight is 354 g/mol. The van der Waals surface area contributed by atoms with Gasteiger partial charge in [-0.15, -0.1) is 0 Å². The molecule has 1 unspecified atom stereocenters. The summed E-state index contributed by atoms with van der Waals surface area (Å²) in [5, 5.41) is 3.18. The summed E-state index contributed by atoms with van der Waals surface area (Å²) in [7, 11) is 1.83. The number of halogens is 3. The van der Waals surface area contributed by atoms with Crippen LogP contribution in [0.1, 0.15) is 28.3 Å². The van der Waals surface area contributed by atoms with E-state index in [1.54, 1.807) is 0 Å². The molecule has 0 radical (unpaired) electrons. The summed E-state index contributed by atoms with van der Waals surface area (Å²) >= 11 is 3.54. The highest BCUT2D eigenvalue weighted by Gasteiger charge is 2.15. The first-order chi connectivity index (χ1) is 9.92. The van der Waals surface area contributed by atoms with E-state index in [9.17, 15) is 8.78 Å². The van der Waals surface area contributed by atoms with Gasteiger partial charge < -0.3 is 5.32 Å². The molecule has 1 atom stereocenters. The largest absolute Gasteiger partial charge is 0.313 e. The predicted octanol–water partition coefficient (Wildman–Crippen LogP) is 4.85. The van der Waals surface area contributed by atoms with Gasteiger partial charge in [0, 0.05) is 10.5 Å². The molecule has 0 aliphatic heterocycles. The van der Waals surface area contributed by atoms with Crippen molar-refractivity contribution >= 4 is 15.9 Å². The maximum absolute atomic E-state index is 13.8. The highest BCUT2D eigenvalue weighted by atomic mass is 79.9. The van der Waals surface area contributed by atoms with Gasteiger partial charge in [-0.05, 0) is 67.8 Å². The summed E-state index contributed by atoms with van der Waals surface area (Å²) in [5.74, 6) is -0.786. The Labute approximate surface area is 132 Å². The van der Waals surface area contributed by atoms with Gasteiger partial charge in [-0.3, -0.25) is 0 Å². The first-order valence-electron chi connectivity index (χ1n) is 6.80. The van der Waals surface area contributed by atoms with Crippen molar-refractivity contribution in [3.8, 4) is 0 Å². The lowest BCUT2D eigenvalue weighted by molar-refractivity contribution is 0.543. The van der Waals surface area contributed by atoms with Crippen molar-refractivity contribution in [2.75, 3.05) is 7.05 Å². The van der Waals surface area contributed by atoms with E-state index in [0.29, 0.717) is 12.0 Å². The topological polar surface area (TPSA) is 12.0 Å². The fourth-order valence-corrected chi connectivity index (χ4v) is 2.72. The van der Waals surface area contributed by atoms with Gasteiger partial charge in [0.1, 0.15) is 11.6 Å². The van der Waals surface area contributed by atoms with E-state index >= 15 is 0 Å². The fraction of sp³-hybridized carbons (Fsp3) is 0.294. The summed E-state index contributed by atoms with van der Waals surface area (Å²) in [6.07, 6.45) is 0.403. The third kappa shape index (κ3) is 3.69. The zero-order chi connectivity index (χ0) is 15.6. The number of likely N-dealkylation sites (N-methyl/N-ethyl adjacent to an activating group) is 1. The van der Waals surface area contributed by atoms with Crippen LogP contribution in [0.25, 0.3) is 0 Å². The molecule has 2 rings (SSSR count). The Morgan fingerprint density at radius 3 is 2.29 bits per heavy atom. The third-order valence-electron chi connectivity index (χ3n) is 3.64. The number of benzene rings is 2. The fourth-order valence-electron chi connectivity index (χ4n) is 2.49. The van der Waals surface area contributed by atoms with E-state index in [0.717, 1.165) is 27.2 Å². The minimum absolute atomic E-state index is 0.0631. The Morgan fingerprint density at radius 2 is 1.71 bits per heavy atom. The highest BCUT2D eigenvalue weighted by molar-refractivity contribution is 9.10. The number of hydrogen-bond acceptors (Lipinski definition) is 1. The van der Waals surface area contributed by atoms with Gasteiger partial charge in [-0.2, -0.15) is 0 Å². The van der Waals surface area contributed by atoms with Crippen LogP contribution in [0.2, 0.25) is 0 Å². The van der Waals surface area contributed by atoms with Crippen molar-refractivity contribution in [2.45, 2.75) is 26.3 Å². The monoisotopic (exact) mass is 353 g/mol. The van der Waals surface area contributed by atoms with E-state index in [4.69, 9.17) is 0 Å². The minimum atomic E-state index is -0.413. The molecule has 1 N–H and O–H groups in total. The van der Waals surface area contributed by atoms with Crippen LogP contribution in [0.3, 0.4) is 0 Å². The summed E-state index contributed by atoms with van der Waals surface area (Å²) < 4.78 is 28.2. The van der Waals surface area contributed by atoms with Gasteiger partial charge in [-0.1, -0.05) is 28.1 Å². The molecule has 2 aromatic rings. The summed E-state index contributed by atoms with van der Waals surface area (Å²) in [5.41, 5.74) is 3.71. The summed E-state index contributed by atoms with van der Waals surface area (Å²) in [4.78, 5) is 0. The van der Waals surface area contributed by atoms with E-state index in [1.165, 1.54) is 12.1 Å². The number of hydrogen-bond donors (Lipinski definition) is 1. The lowest BCUT2D eigenvalue weighted by Gasteiger charge is -2.19. The Balaban J connectivity index is 2.34. The third-order valence-corrected chi connectivity index (χ3v) is 4.89. The van der Waals surface area contributed by atoms with Gasteiger partial charge >= 0.3 is 0 Å². The normalized spacial score (nSPS) is 12.5. The molecule has 0 saturated carbocycles. The molecule has 21 heavy (non-hydrogen) atoms. The molecule has 0 aliphatic rings. The molecular formula is C17H18BrF2N. The molecule has 1 nitrogen and oxygen atoms in total. The van der Waals surface area contributed by atoms with E-state index < -0.39 is 5.82 Å². The second kappa shape index (κ2) is 6.67. The number of aryl methyl sites for hydroxylation is 2. The molecule has 0 aliphatic carbocycles. The van der Waals surface area contributed by atoms with Crippen LogP contribution in [0.5, 0.6) is 0 Å². The molecule has 0 fully saturated rings.